The largest absolute Gasteiger partial charge is 0.481 e. The first-order valence-electron chi connectivity index (χ1n) is 4.42. The number of carbonyl (C=O) groups is 1. The number of hydrogen-bond donors (Lipinski definition) is 1. The monoisotopic (exact) mass is 195 g/mol. The molecule has 4 nitrogen and oxygen atoms in total. The SMILES string of the molecule is CC(C)Oc1ncccc1CC(=O)O. The second-order valence-electron chi connectivity index (χ2n) is 3.20. The zero-order valence-electron chi connectivity index (χ0n) is 8.23. The number of nitrogens with zero attached hydrogens (tertiary/aromatic N) is 1. The number of pyridine rings is 1. The Bertz CT molecular complexity index is 323. The second kappa shape index (κ2) is 4.60. The summed E-state index contributed by atoms with van der Waals surface area (Å²) in [7, 11) is 0. The van der Waals surface area contributed by atoms with Gasteiger partial charge in [-0.1, -0.05) is 6.07 Å². The Morgan fingerprint density at radius 3 is 2.93 bits per heavy atom. The molecule has 14 heavy (non-hydrogen) atoms. The number of aromatic nitrogens is 1. The van der Waals surface area contributed by atoms with Crippen molar-refractivity contribution in [2.75, 3.05) is 0 Å². The average Bonchev–Trinajstić information content (AvgIpc) is 2.06. The van der Waals surface area contributed by atoms with Crippen molar-refractivity contribution in [3.05, 3.63) is 23.9 Å². The zero-order chi connectivity index (χ0) is 10.6. The molecule has 1 aromatic rings. The Hall–Kier alpha value is -1.58. The third kappa shape index (κ3) is 3.05. The van der Waals surface area contributed by atoms with Gasteiger partial charge in [0.1, 0.15) is 0 Å². The Morgan fingerprint density at radius 1 is 1.64 bits per heavy atom. The quantitative estimate of drug-likeness (QED) is 0.790. The lowest BCUT2D eigenvalue weighted by Crippen LogP contribution is -2.10. The highest BCUT2D eigenvalue weighted by molar-refractivity contribution is 5.70. The van der Waals surface area contributed by atoms with Crippen LogP contribution in [-0.2, 0) is 11.2 Å². The molecule has 0 saturated heterocycles. The van der Waals surface area contributed by atoms with Gasteiger partial charge in [0.05, 0.1) is 12.5 Å². The Balaban J connectivity index is 2.85. The maximum absolute atomic E-state index is 10.5. The number of carboxylic acids is 1. The first-order valence-corrected chi connectivity index (χ1v) is 4.42. The summed E-state index contributed by atoms with van der Waals surface area (Å²) in [5.74, 6) is -0.475. The van der Waals surface area contributed by atoms with Gasteiger partial charge in [-0.3, -0.25) is 4.79 Å². The van der Waals surface area contributed by atoms with Crippen molar-refractivity contribution < 1.29 is 14.6 Å². The fraction of sp³-hybridized carbons (Fsp3) is 0.400. The molecule has 0 aliphatic carbocycles. The standard InChI is InChI=1S/C10H13NO3/c1-7(2)14-10-8(6-9(12)13)4-3-5-11-10/h3-5,7H,6H2,1-2H3,(H,12,13). The van der Waals surface area contributed by atoms with E-state index in [2.05, 4.69) is 4.98 Å². The van der Waals surface area contributed by atoms with Crippen molar-refractivity contribution in [1.82, 2.24) is 4.98 Å². The predicted molar refractivity (Wildman–Crippen MR) is 51.3 cm³/mol. The predicted octanol–water partition coefficient (Wildman–Crippen LogP) is 1.50. The van der Waals surface area contributed by atoms with Gasteiger partial charge >= 0.3 is 5.97 Å². The molecule has 1 N–H and O–H groups in total. The first kappa shape index (κ1) is 10.5. The minimum Gasteiger partial charge on any atom is -0.481 e. The molecular formula is C10H13NO3. The lowest BCUT2D eigenvalue weighted by atomic mass is 10.2. The summed E-state index contributed by atoms with van der Waals surface area (Å²) in [4.78, 5) is 14.5. The summed E-state index contributed by atoms with van der Waals surface area (Å²) >= 11 is 0. The molecule has 0 radical (unpaired) electrons. The van der Waals surface area contributed by atoms with Crippen LogP contribution in [0.3, 0.4) is 0 Å². The van der Waals surface area contributed by atoms with E-state index < -0.39 is 5.97 Å². The Kier molecular flexibility index (Phi) is 3.45. The van der Waals surface area contributed by atoms with E-state index in [1.165, 1.54) is 0 Å². The van der Waals surface area contributed by atoms with E-state index in [1.54, 1.807) is 18.3 Å². The maximum Gasteiger partial charge on any atom is 0.308 e. The molecule has 0 aromatic carbocycles. The van der Waals surface area contributed by atoms with Gasteiger partial charge in [-0.25, -0.2) is 4.98 Å². The van der Waals surface area contributed by atoms with E-state index in [-0.39, 0.29) is 12.5 Å². The summed E-state index contributed by atoms with van der Waals surface area (Å²) in [5.41, 5.74) is 0.605. The van der Waals surface area contributed by atoms with Gasteiger partial charge in [0.15, 0.2) is 0 Å². The molecule has 4 heteroatoms. The van der Waals surface area contributed by atoms with Crippen LogP contribution in [0.1, 0.15) is 19.4 Å². The van der Waals surface area contributed by atoms with Crippen LogP contribution in [0.5, 0.6) is 5.88 Å². The molecule has 0 amide bonds. The summed E-state index contributed by atoms with van der Waals surface area (Å²) in [6.45, 7) is 3.75. The molecule has 0 aliphatic rings. The highest BCUT2D eigenvalue weighted by Gasteiger charge is 2.09. The van der Waals surface area contributed by atoms with E-state index in [4.69, 9.17) is 9.84 Å². The average molecular weight is 195 g/mol. The molecule has 0 fully saturated rings. The van der Waals surface area contributed by atoms with Crippen molar-refractivity contribution in [2.45, 2.75) is 26.4 Å². The van der Waals surface area contributed by atoms with Gasteiger partial charge in [-0.05, 0) is 19.9 Å². The third-order valence-corrected chi connectivity index (χ3v) is 1.54. The summed E-state index contributed by atoms with van der Waals surface area (Å²) in [6.07, 6.45) is 1.52. The minimum absolute atomic E-state index is 0.00237. The van der Waals surface area contributed by atoms with Gasteiger partial charge in [0.2, 0.25) is 5.88 Å². The zero-order valence-corrected chi connectivity index (χ0v) is 8.23. The summed E-state index contributed by atoms with van der Waals surface area (Å²) < 4.78 is 5.37. The molecule has 1 aromatic heterocycles. The van der Waals surface area contributed by atoms with Gasteiger partial charge in [0.25, 0.3) is 0 Å². The lowest BCUT2D eigenvalue weighted by Gasteiger charge is -2.11. The highest BCUT2D eigenvalue weighted by atomic mass is 16.5. The van der Waals surface area contributed by atoms with Crippen LogP contribution in [0.15, 0.2) is 18.3 Å². The van der Waals surface area contributed by atoms with E-state index in [0.717, 1.165) is 0 Å². The lowest BCUT2D eigenvalue weighted by molar-refractivity contribution is -0.136. The van der Waals surface area contributed by atoms with Crippen LogP contribution in [-0.4, -0.2) is 22.2 Å². The molecule has 0 unspecified atom stereocenters. The summed E-state index contributed by atoms with van der Waals surface area (Å²) in [6, 6.07) is 3.41. The third-order valence-electron chi connectivity index (χ3n) is 1.54. The van der Waals surface area contributed by atoms with Crippen LogP contribution >= 0.6 is 0 Å². The van der Waals surface area contributed by atoms with E-state index in [0.29, 0.717) is 11.4 Å². The van der Waals surface area contributed by atoms with Gasteiger partial charge in [-0.2, -0.15) is 0 Å². The van der Waals surface area contributed by atoms with Crippen LogP contribution in [0.25, 0.3) is 0 Å². The number of ether oxygens (including phenoxy) is 1. The number of aliphatic carboxylic acids is 1. The molecule has 0 bridgehead atoms. The molecule has 0 saturated carbocycles. The smallest absolute Gasteiger partial charge is 0.308 e. The van der Waals surface area contributed by atoms with Crippen molar-refractivity contribution in [1.29, 1.82) is 0 Å². The van der Waals surface area contributed by atoms with E-state index >= 15 is 0 Å². The van der Waals surface area contributed by atoms with E-state index in [9.17, 15) is 4.79 Å². The molecule has 76 valence electrons. The van der Waals surface area contributed by atoms with Crippen LogP contribution in [0.4, 0.5) is 0 Å². The molecule has 1 heterocycles. The topological polar surface area (TPSA) is 59.4 Å². The number of hydrogen-bond acceptors (Lipinski definition) is 3. The Morgan fingerprint density at radius 2 is 2.36 bits per heavy atom. The van der Waals surface area contributed by atoms with Crippen molar-refractivity contribution in [3.8, 4) is 5.88 Å². The van der Waals surface area contributed by atoms with Crippen LogP contribution in [0, 0.1) is 0 Å². The van der Waals surface area contributed by atoms with Crippen LogP contribution in [0.2, 0.25) is 0 Å². The van der Waals surface area contributed by atoms with Crippen molar-refractivity contribution >= 4 is 5.97 Å². The highest BCUT2D eigenvalue weighted by Crippen LogP contribution is 2.16. The fourth-order valence-electron chi connectivity index (χ4n) is 1.05. The minimum atomic E-state index is -0.883. The molecule has 0 spiro atoms. The van der Waals surface area contributed by atoms with Crippen LogP contribution < -0.4 is 4.74 Å². The normalized spacial score (nSPS) is 10.2. The molecular weight excluding hydrogens is 182 g/mol. The van der Waals surface area contributed by atoms with Gasteiger partial charge in [-0.15, -0.1) is 0 Å². The Labute approximate surface area is 82.5 Å². The molecule has 0 aliphatic heterocycles. The van der Waals surface area contributed by atoms with Crippen molar-refractivity contribution in [2.24, 2.45) is 0 Å². The fourth-order valence-corrected chi connectivity index (χ4v) is 1.05. The van der Waals surface area contributed by atoms with Gasteiger partial charge < -0.3 is 9.84 Å². The van der Waals surface area contributed by atoms with E-state index in [1.807, 2.05) is 13.8 Å². The maximum atomic E-state index is 10.5. The molecule has 1 rings (SSSR count). The molecule has 0 atom stereocenters. The summed E-state index contributed by atoms with van der Waals surface area (Å²) in [5, 5.41) is 8.64. The van der Waals surface area contributed by atoms with Gasteiger partial charge in [0, 0.05) is 11.8 Å². The number of rotatable bonds is 4. The van der Waals surface area contributed by atoms with Crippen molar-refractivity contribution in [3.63, 3.8) is 0 Å². The first-order chi connectivity index (χ1) is 6.59. The second-order valence-corrected chi connectivity index (χ2v) is 3.20. The number of carboxylic acid groups (broad SMARTS) is 1.